The zero-order valence-corrected chi connectivity index (χ0v) is 13.5. The van der Waals surface area contributed by atoms with E-state index in [-0.39, 0.29) is 16.3 Å². The first kappa shape index (κ1) is 16.9. The molecular weight excluding hydrogens is 252 g/mol. The highest BCUT2D eigenvalue weighted by Gasteiger charge is 2.29. The Kier molecular flexibility index (Phi) is 5.93. The van der Waals surface area contributed by atoms with Gasteiger partial charge >= 0.3 is 0 Å². The van der Waals surface area contributed by atoms with Crippen molar-refractivity contribution >= 4 is 5.69 Å². The van der Waals surface area contributed by atoms with Crippen LogP contribution >= 0.6 is 0 Å². The molecule has 0 atom stereocenters. The molecule has 20 heavy (non-hydrogen) atoms. The molecular formula is C16H28N2O2. The van der Waals surface area contributed by atoms with Crippen LogP contribution in [0.5, 0.6) is 0 Å². The lowest BCUT2D eigenvalue weighted by Gasteiger charge is -2.25. The number of nitrogens with one attached hydrogen (secondary N) is 1. The smallest absolute Gasteiger partial charge is 0.249 e. The van der Waals surface area contributed by atoms with Crippen molar-refractivity contribution in [1.29, 1.82) is 0 Å². The zero-order valence-electron chi connectivity index (χ0n) is 13.5. The van der Waals surface area contributed by atoms with Crippen LogP contribution < -0.4 is 16.2 Å². The Bertz CT molecular complexity index is 487. The quantitative estimate of drug-likeness (QED) is 0.741. The number of anilines is 1. The van der Waals surface area contributed by atoms with E-state index in [9.17, 15) is 9.59 Å². The van der Waals surface area contributed by atoms with Gasteiger partial charge in [0.15, 0.2) is 0 Å². The highest BCUT2D eigenvalue weighted by molar-refractivity contribution is 5.59. The summed E-state index contributed by atoms with van der Waals surface area (Å²) in [6, 6.07) is 0. The summed E-state index contributed by atoms with van der Waals surface area (Å²) in [6.07, 6.45) is 2.26. The fourth-order valence-electron chi connectivity index (χ4n) is 2.58. The van der Waals surface area contributed by atoms with Gasteiger partial charge in [-0.05, 0) is 31.3 Å². The van der Waals surface area contributed by atoms with Crippen LogP contribution in [0, 0.1) is 0 Å². The lowest BCUT2D eigenvalue weighted by Crippen LogP contribution is -2.44. The first-order chi connectivity index (χ1) is 9.32. The van der Waals surface area contributed by atoms with E-state index in [0.29, 0.717) is 17.8 Å². The van der Waals surface area contributed by atoms with Crippen LogP contribution in [-0.2, 0) is 5.41 Å². The summed E-state index contributed by atoms with van der Waals surface area (Å²) in [4.78, 5) is 25.7. The highest BCUT2D eigenvalue weighted by Crippen LogP contribution is 2.25. The van der Waals surface area contributed by atoms with E-state index in [0.717, 1.165) is 32.5 Å². The van der Waals surface area contributed by atoms with Crippen molar-refractivity contribution in [1.82, 2.24) is 4.90 Å². The Morgan fingerprint density at radius 1 is 0.950 bits per heavy atom. The van der Waals surface area contributed by atoms with Crippen molar-refractivity contribution in [2.75, 3.05) is 31.5 Å². The van der Waals surface area contributed by atoms with Gasteiger partial charge in [-0.1, -0.05) is 34.6 Å². The molecule has 1 aromatic rings. The Labute approximate surface area is 121 Å². The van der Waals surface area contributed by atoms with Gasteiger partial charge in [0.25, 0.3) is 0 Å². The number of nitrogens with zero attached hydrogens (tertiary/aromatic N) is 1. The molecule has 0 amide bonds. The van der Waals surface area contributed by atoms with Gasteiger partial charge in [0.1, 0.15) is 0 Å². The van der Waals surface area contributed by atoms with Crippen LogP contribution in [0.25, 0.3) is 0 Å². The molecule has 0 saturated heterocycles. The molecule has 0 aliphatic carbocycles. The molecule has 0 aliphatic heterocycles. The maximum absolute atomic E-state index is 11.7. The summed E-state index contributed by atoms with van der Waals surface area (Å²) in [5.41, 5.74) is 0.252. The molecule has 0 bridgehead atoms. The van der Waals surface area contributed by atoms with E-state index in [1.807, 2.05) is 20.8 Å². The minimum absolute atomic E-state index is 0.264. The minimum Gasteiger partial charge on any atom is -0.380 e. The third kappa shape index (κ3) is 3.92. The first-order valence-electron chi connectivity index (χ1n) is 7.62. The normalized spacial score (nSPS) is 12.3. The van der Waals surface area contributed by atoms with Crippen LogP contribution in [-0.4, -0.2) is 31.1 Å². The lowest BCUT2D eigenvalue weighted by atomic mass is 9.82. The fourth-order valence-corrected chi connectivity index (χ4v) is 2.58. The van der Waals surface area contributed by atoms with E-state index >= 15 is 0 Å². The topological polar surface area (TPSA) is 49.4 Å². The van der Waals surface area contributed by atoms with E-state index in [1.165, 1.54) is 0 Å². The van der Waals surface area contributed by atoms with Crippen molar-refractivity contribution in [2.45, 2.75) is 52.9 Å². The molecule has 0 aromatic heterocycles. The Hall–Kier alpha value is -1.16. The maximum Gasteiger partial charge on any atom is 0.249 e. The van der Waals surface area contributed by atoms with Crippen molar-refractivity contribution in [3.8, 4) is 0 Å². The van der Waals surface area contributed by atoms with Gasteiger partial charge in [-0.25, -0.2) is 0 Å². The van der Waals surface area contributed by atoms with E-state index in [2.05, 4.69) is 24.1 Å². The molecule has 4 nitrogen and oxygen atoms in total. The second-order valence-corrected chi connectivity index (χ2v) is 6.43. The van der Waals surface area contributed by atoms with Gasteiger partial charge in [-0.3, -0.25) is 9.59 Å². The number of hydrogen-bond donors (Lipinski definition) is 1. The van der Waals surface area contributed by atoms with Crippen molar-refractivity contribution in [3.63, 3.8) is 0 Å². The Balaban J connectivity index is 2.61. The summed E-state index contributed by atoms with van der Waals surface area (Å²) in [6.45, 7) is 14.0. The third-order valence-corrected chi connectivity index (χ3v) is 3.47. The van der Waals surface area contributed by atoms with Crippen molar-refractivity contribution in [2.24, 2.45) is 0 Å². The molecule has 1 N–H and O–H groups in total. The zero-order chi connectivity index (χ0) is 15.3. The van der Waals surface area contributed by atoms with Gasteiger partial charge < -0.3 is 10.2 Å². The van der Waals surface area contributed by atoms with Crippen LogP contribution in [0.2, 0.25) is 0 Å². The third-order valence-electron chi connectivity index (χ3n) is 3.47. The SMILES string of the molecule is CCCN(CCC)CCNc1c(C(C)(C)C)c(=O)c1=O. The van der Waals surface area contributed by atoms with Crippen molar-refractivity contribution in [3.05, 3.63) is 26.0 Å². The molecule has 1 rings (SSSR count). The number of hydrogen-bond acceptors (Lipinski definition) is 4. The van der Waals surface area contributed by atoms with E-state index in [4.69, 9.17) is 0 Å². The fraction of sp³-hybridized carbons (Fsp3) is 0.750. The number of rotatable bonds is 8. The Morgan fingerprint density at radius 3 is 1.95 bits per heavy atom. The monoisotopic (exact) mass is 280 g/mol. The second-order valence-electron chi connectivity index (χ2n) is 6.43. The van der Waals surface area contributed by atoms with E-state index < -0.39 is 0 Å². The van der Waals surface area contributed by atoms with E-state index in [1.54, 1.807) is 0 Å². The summed E-state index contributed by atoms with van der Waals surface area (Å²) in [5, 5.41) is 3.17. The summed E-state index contributed by atoms with van der Waals surface area (Å²) >= 11 is 0. The second kappa shape index (κ2) is 7.02. The standard InChI is InChI=1S/C16H28N2O2/c1-6-9-18(10-7-2)11-8-17-13-12(16(3,4)5)14(19)15(13)20/h17H,6-11H2,1-5H3. The predicted octanol–water partition coefficient (Wildman–Crippen LogP) is 2.11. The molecule has 4 heteroatoms. The molecule has 0 unspecified atom stereocenters. The van der Waals surface area contributed by atoms with Crippen LogP contribution in [0.1, 0.15) is 53.0 Å². The van der Waals surface area contributed by atoms with Crippen molar-refractivity contribution < 1.29 is 0 Å². The average Bonchev–Trinajstić information content (AvgIpc) is 2.35. The molecule has 0 aliphatic rings. The molecule has 0 fully saturated rings. The summed E-state index contributed by atoms with van der Waals surface area (Å²) < 4.78 is 0. The Morgan fingerprint density at radius 2 is 1.50 bits per heavy atom. The highest BCUT2D eigenvalue weighted by atomic mass is 16.2. The van der Waals surface area contributed by atoms with Gasteiger partial charge in [-0.2, -0.15) is 0 Å². The molecule has 1 aromatic carbocycles. The average molecular weight is 280 g/mol. The van der Waals surface area contributed by atoms with Gasteiger partial charge in [0, 0.05) is 18.7 Å². The van der Waals surface area contributed by atoms with Gasteiger partial charge in [0.2, 0.25) is 10.9 Å². The lowest BCUT2D eigenvalue weighted by molar-refractivity contribution is 0.285. The largest absolute Gasteiger partial charge is 0.380 e. The molecule has 0 saturated carbocycles. The summed E-state index contributed by atoms with van der Waals surface area (Å²) in [7, 11) is 0. The first-order valence-corrected chi connectivity index (χ1v) is 7.62. The molecule has 0 spiro atoms. The maximum atomic E-state index is 11.7. The minimum atomic E-state index is -0.354. The van der Waals surface area contributed by atoms with Gasteiger partial charge in [0.05, 0.1) is 5.69 Å². The van der Waals surface area contributed by atoms with Gasteiger partial charge in [-0.15, -0.1) is 0 Å². The predicted molar refractivity (Wildman–Crippen MR) is 85.6 cm³/mol. The molecule has 0 heterocycles. The van der Waals surface area contributed by atoms with Crippen LogP contribution in [0.3, 0.4) is 0 Å². The van der Waals surface area contributed by atoms with Crippen LogP contribution in [0.4, 0.5) is 5.69 Å². The summed E-state index contributed by atoms with van der Waals surface area (Å²) in [5.74, 6) is 0. The van der Waals surface area contributed by atoms with Crippen LogP contribution in [0.15, 0.2) is 9.59 Å². The molecule has 114 valence electrons. The molecule has 0 radical (unpaired) electrons.